The third-order valence-electron chi connectivity index (χ3n) is 6.33. The normalized spacial score (nSPS) is 21.2. The Morgan fingerprint density at radius 3 is 2.52 bits per heavy atom. The second kappa shape index (κ2) is 9.96. The van der Waals surface area contributed by atoms with Gasteiger partial charge < -0.3 is 10.1 Å². The highest BCUT2D eigenvalue weighted by Crippen LogP contribution is 2.30. The minimum absolute atomic E-state index is 0.0209. The molecule has 176 valence electrons. The van der Waals surface area contributed by atoms with Crippen LogP contribution in [0.3, 0.4) is 0 Å². The molecule has 1 aliphatic carbocycles. The fourth-order valence-corrected chi connectivity index (χ4v) is 4.76. The Morgan fingerprint density at radius 1 is 1.03 bits per heavy atom. The van der Waals surface area contributed by atoms with Crippen LogP contribution in [0.1, 0.15) is 56.3 Å². The van der Waals surface area contributed by atoms with Crippen molar-refractivity contribution < 1.29 is 14.3 Å². The van der Waals surface area contributed by atoms with E-state index in [-0.39, 0.29) is 11.9 Å². The van der Waals surface area contributed by atoms with Gasteiger partial charge in [0, 0.05) is 26.2 Å². The molecule has 6 heteroatoms. The van der Waals surface area contributed by atoms with Gasteiger partial charge >= 0.3 is 6.09 Å². The molecule has 2 aliphatic rings. The summed E-state index contributed by atoms with van der Waals surface area (Å²) in [5, 5.41) is 3.26. The van der Waals surface area contributed by atoms with Crippen LogP contribution in [0.4, 0.5) is 4.79 Å². The average molecular weight is 450 g/mol. The van der Waals surface area contributed by atoms with E-state index >= 15 is 0 Å². The van der Waals surface area contributed by atoms with Gasteiger partial charge in [-0.25, -0.2) is 4.79 Å². The van der Waals surface area contributed by atoms with E-state index in [0.717, 1.165) is 25.8 Å². The summed E-state index contributed by atoms with van der Waals surface area (Å²) in [6.45, 7) is 7.94. The van der Waals surface area contributed by atoms with Gasteiger partial charge in [0.15, 0.2) is 0 Å². The van der Waals surface area contributed by atoms with Gasteiger partial charge in [0.1, 0.15) is 11.6 Å². The molecule has 1 N–H and O–H groups in total. The zero-order chi connectivity index (χ0) is 23.4. The highest BCUT2D eigenvalue weighted by molar-refractivity contribution is 5.86. The molecule has 2 aromatic carbocycles. The van der Waals surface area contributed by atoms with Crippen molar-refractivity contribution >= 4 is 12.0 Å². The van der Waals surface area contributed by atoms with Crippen LogP contribution >= 0.6 is 0 Å². The topological polar surface area (TPSA) is 61.9 Å². The molecule has 0 bridgehead atoms. The summed E-state index contributed by atoms with van der Waals surface area (Å²) < 4.78 is 5.65. The van der Waals surface area contributed by atoms with Crippen LogP contribution in [0.25, 0.3) is 0 Å². The maximum absolute atomic E-state index is 13.6. The Kier molecular flexibility index (Phi) is 7.03. The molecule has 2 aromatic rings. The second-order valence-corrected chi connectivity index (χ2v) is 10.1. The van der Waals surface area contributed by atoms with Crippen LogP contribution in [0.5, 0.6) is 0 Å². The number of rotatable bonds is 4. The number of hydrogen-bond acceptors (Lipinski definition) is 4. The van der Waals surface area contributed by atoms with Gasteiger partial charge in [-0.05, 0) is 56.7 Å². The Labute approximate surface area is 196 Å². The standard InChI is InChI=1S/C27H35N3O3/c1-27(2,3)33-26(32)30-17-16-29(18-20-10-5-4-6-11-20)19-24(30)25(31)28-23-15-9-13-21-12-7-8-14-22(21)23/h4-8,10-12,14,23-24H,9,13,15-19H2,1-3H3,(H,28,31)/t23-,24+/m1/s1. The van der Waals surface area contributed by atoms with Gasteiger partial charge in [0.25, 0.3) is 0 Å². The molecule has 0 spiro atoms. The molecule has 1 fully saturated rings. The van der Waals surface area contributed by atoms with E-state index in [0.29, 0.717) is 19.6 Å². The summed E-state index contributed by atoms with van der Waals surface area (Å²) in [4.78, 5) is 30.4. The highest BCUT2D eigenvalue weighted by Gasteiger charge is 2.38. The molecular formula is C27H35N3O3. The second-order valence-electron chi connectivity index (χ2n) is 10.1. The number of ether oxygens (including phenoxy) is 1. The number of carbonyl (C=O) groups excluding carboxylic acids is 2. The molecule has 0 unspecified atom stereocenters. The van der Waals surface area contributed by atoms with Crippen molar-refractivity contribution in [1.29, 1.82) is 0 Å². The summed E-state index contributed by atoms with van der Waals surface area (Å²) in [7, 11) is 0. The molecule has 0 saturated carbocycles. The molecule has 4 rings (SSSR count). The minimum atomic E-state index is -0.610. The third kappa shape index (κ3) is 5.93. The number of amides is 2. The first-order chi connectivity index (χ1) is 15.8. The van der Waals surface area contributed by atoms with Gasteiger partial charge in [-0.1, -0.05) is 54.6 Å². The first-order valence-electron chi connectivity index (χ1n) is 11.9. The van der Waals surface area contributed by atoms with Crippen molar-refractivity contribution in [3.8, 4) is 0 Å². The number of piperazine rings is 1. The van der Waals surface area contributed by atoms with Crippen molar-refractivity contribution in [1.82, 2.24) is 15.1 Å². The SMILES string of the molecule is CC(C)(C)OC(=O)N1CCN(Cc2ccccc2)C[C@H]1C(=O)N[C@@H]1CCCc2ccccc21. The number of aryl methyl sites for hydroxylation is 1. The maximum Gasteiger partial charge on any atom is 0.411 e. The number of carbonyl (C=O) groups is 2. The van der Waals surface area contributed by atoms with E-state index in [1.54, 1.807) is 4.90 Å². The maximum atomic E-state index is 13.6. The molecule has 2 amide bonds. The molecule has 6 nitrogen and oxygen atoms in total. The largest absolute Gasteiger partial charge is 0.444 e. The molecule has 0 aromatic heterocycles. The van der Waals surface area contributed by atoms with Gasteiger partial charge in [-0.15, -0.1) is 0 Å². The van der Waals surface area contributed by atoms with Crippen LogP contribution < -0.4 is 5.32 Å². The van der Waals surface area contributed by atoms with Gasteiger partial charge in [0.2, 0.25) is 5.91 Å². The summed E-state index contributed by atoms with van der Waals surface area (Å²) in [6.07, 6.45) is 2.57. The lowest BCUT2D eigenvalue weighted by atomic mass is 9.87. The van der Waals surface area contributed by atoms with Crippen molar-refractivity contribution in [2.24, 2.45) is 0 Å². The predicted octanol–water partition coefficient (Wildman–Crippen LogP) is 4.30. The summed E-state index contributed by atoms with van der Waals surface area (Å²) in [5.74, 6) is -0.111. The first-order valence-corrected chi connectivity index (χ1v) is 11.9. The Balaban J connectivity index is 1.51. The number of benzene rings is 2. The van der Waals surface area contributed by atoms with Crippen LogP contribution in [-0.4, -0.2) is 53.1 Å². The van der Waals surface area contributed by atoms with Gasteiger partial charge in [0.05, 0.1) is 6.04 Å². The van der Waals surface area contributed by atoms with Crippen LogP contribution in [0.2, 0.25) is 0 Å². The van der Waals surface area contributed by atoms with E-state index in [2.05, 4.69) is 40.5 Å². The highest BCUT2D eigenvalue weighted by atomic mass is 16.6. The number of hydrogen-bond donors (Lipinski definition) is 1. The van der Waals surface area contributed by atoms with Gasteiger partial charge in [-0.3, -0.25) is 14.6 Å². The summed E-state index contributed by atoms with van der Waals surface area (Å²) in [6, 6.07) is 17.9. The van der Waals surface area contributed by atoms with E-state index in [1.165, 1.54) is 16.7 Å². The molecule has 0 radical (unpaired) electrons. The Hall–Kier alpha value is -2.86. The molecule has 33 heavy (non-hydrogen) atoms. The van der Waals surface area contributed by atoms with Crippen molar-refractivity contribution in [3.05, 3.63) is 71.3 Å². The number of fused-ring (bicyclic) bond motifs is 1. The lowest BCUT2D eigenvalue weighted by molar-refractivity contribution is -0.129. The molecular weight excluding hydrogens is 414 g/mol. The van der Waals surface area contributed by atoms with E-state index in [9.17, 15) is 9.59 Å². The fraction of sp³-hybridized carbons (Fsp3) is 0.481. The quantitative estimate of drug-likeness (QED) is 0.756. The zero-order valence-corrected chi connectivity index (χ0v) is 19.9. The Bertz CT molecular complexity index is 970. The third-order valence-corrected chi connectivity index (χ3v) is 6.33. The number of nitrogens with one attached hydrogen (secondary N) is 1. The lowest BCUT2D eigenvalue weighted by Gasteiger charge is -2.41. The average Bonchev–Trinajstić information content (AvgIpc) is 2.79. The molecule has 1 heterocycles. The minimum Gasteiger partial charge on any atom is -0.444 e. The first kappa shape index (κ1) is 23.3. The summed E-state index contributed by atoms with van der Waals surface area (Å²) in [5.41, 5.74) is 3.08. The van der Waals surface area contributed by atoms with Crippen molar-refractivity contribution in [2.75, 3.05) is 19.6 Å². The fourth-order valence-electron chi connectivity index (χ4n) is 4.76. The van der Waals surface area contributed by atoms with Crippen LogP contribution in [0, 0.1) is 0 Å². The van der Waals surface area contributed by atoms with E-state index in [4.69, 9.17) is 4.74 Å². The van der Waals surface area contributed by atoms with Crippen molar-refractivity contribution in [3.63, 3.8) is 0 Å². The predicted molar refractivity (Wildman–Crippen MR) is 129 cm³/mol. The summed E-state index contributed by atoms with van der Waals surface area (Å²) >= 11 is 0. The molecule has 1 aliphatic heterocycles. The lowest BCUT2D eigenvalue weighted by Crippen LogP contribution is -2.61. The van der Waals surface area contributed by atoms with Crippen LogP contribution in [-0.2, 0) is 22.5 Å². The number of nitrogens with zero attached hydrogens (tertiary/aromatic N) is 2. The van der Waals surface area contributed by atoms with E-state index < -0.39 is 17.7 Å². The van der Waals surface area contributed by atoms with E-state index in [1.807, 2.05) is 45.0 Å². The zero-order valence-electron chi connectivity index (χ0n) is 19.9. The smallest absolute Gasteiger partial charge is 0.411 e. The Morgan fingerprint density at radius 2 is 1.76 bits per heavy atom. The molecule has 1 saturated heterocycles. The molecule has 2 atom stereocenters. The monoisotopic (exact) mass is 449 g/mol. The van der Waals surface area contributed by atoms with Crippen LogP contribution in [0.15, 0.2) is 54.6 Å². The van der Waals surface area contributed by atoms with Crippen molar-refractivity contribution in [2.45, 2.75) is 64.3 Å². The van der Waals surface area contributed by atoms with Gasteiger partial charge in [-0.2, -0.15) is 0 Å².